The van der Waals surface area contributed by atoms with E-state index in [2.05, 4.69) is 21.8 Å². The second-order valence-electron chi connectivity index (χ2n) is 11.1. The van der Waals surface area contributed by atoms with E-state index in [1.807, 2.05) is 4.90 Å². The van der Waals surface area contributed by atoms with Crippen LogP contribution in [0.3, 0.4) is 0 Å². The number of fused-ring (bicyclic) bond motifs is 1. The molecule has 2 aliphatic carbocycles. The van der Waals surface area contributed by atoms with Gasteiger partial charge in [0.1, 0.15) is 0 Å². The molecule has 0 spiro atoms. The number of hydrogen-bond acceptors (Lipinski definition) is 5. The third-order valence-electron chi connectivity index (χ3n) is 8.81. The molecule has 3 heterocycles. The lowest BCUT2D eigenvalue weighted by Crippen LogP contribution is -2.59. The van der Waals surface area contributed by atoms with Crippen molar-refractivity contribution in [2.24, 2.45) is 0 Å². The number of nitrogens with zero attached hydrogens (tertiary/aromatic N) is 4. The number of carbonyl (C=O) groups excluding carboxylic acids is 1. The predicted molar refractivity (Wildman–Crippen MR) is 134 cm³/mol. The van der Waals surface area contributed by atoms with Gasteiger partial charge >= 0.3 is 0 Å². The predicted octanol–water partition coefficient (Wildman–Crippen LogP) is 3.40. The minimum Gasteiger partial charge on any atom is -0.379 e. The molecule has 4 aliphatic rings. The molecule has 5 rings (SSSR count). The molecule has 190 valence electrons. The molecule has 3 fully saturated rings. The fourth-order valence-electron chi connectivity index (χ4n) is 6.86. The lowest BCUT2D eigenvalue weighted by Gasteiger charge is -2.46. The first kappa shape index (κ1) is 24.3. The van der Waals surface area contributed by atoms with Crippen LogP contribution in [0.2, 0.25) is 0 Å². The van der Waals surface area contributed by atoms with Gasteiger partial charge in [0.15, 0.2) is 5.69 Å². The van der Waals surface area contributed by atoms with Crippen molar-refractivity contribution in [1.29, 1.82) is 0 Å². The van der Waals surface area contributed by atoms with Crippen molar-refractivity contribution in [1.82, 2.24) is 24.9 Å². The maximum absolute atomic E-state index is 13.4. The number of hydrogen-bond donors (Lipinski definition) is 1. The zero-order valence-electron chi connectivity index (χ0n) is 21.3. The summed E-state index contributed by atoms with van der Waals surface area (Å²) in [5, 5.41) is 8.92. The molecule has 7 heteroatoms. The number of ether oxygens (including phenoxy) is 1. The Balaban J connectivity index is 1.31. The standard InChI is InChI=1S/C27H45N5O2/c1-2-13-32-24-10-9-22(20-23(24)25(29-32)26(33)30-14-7-8-15-30)28-21-27(11-5-3-4-6-12-27)31-16-18-34-19-17-31/h22,28H,2-21H2,1H3/t22-/m0/s1. The Morgan fingerprint density at radius 3 is 2.50 bits per heavy atom. The highest BCUT2D eigenvalue weighted by molar-refractivity contribution is 5.94. The van der Waals surface area contributed by atoms with E-state index in [0.29, 0.717) is 6.04 Å². The van der Waals surface area contributed by atoms with Crippen LogP contribution < -0.4 is 5.32 Å². The maximum Gasteiger partial charge on any atom is 0.274 e. The van der Waals surface area contributed by atoms with Gasteiger partial charge in [-0.2, -0.15) is 5.10 Å². The van der Waals surface area contributed by atoms with Crippen molar-refractivity contribution in [3.8, 4) is 0 Å². The summed E-state index contributed by atoms with van der Waals surface area (Å²) in [4.78, 5) is 18.1. The van der Waals surface area contributed by atoms with E-state index in [-0.39, 0.29) is 11.4 Å². The van der Waals surface area contributed by atoms with Gasteiger partial charge in [-0.05, 0) is 51.4 Å². The first-order chi connectivity index (χ1) is 16.7. The Morgan fingerprint density at radius 2 is 1.79 bits per heavy atom. The van der Waals surface area contributed by atoms with Crippen LogP contribution in [0.25, 0.3) is 0 Å². The summed E-state index contributed by atoms with van der Waals surface area (Å²) in [5.41, 5.74) is 3.56. The number of aromatic nitrogens is 2. The molecule has 34 heavy (non-hydrogen) atoms. The molecular weight excluding hydrogens is 426 g/mol. The van der Waals surface area contributed by atoms with Crippen LogP contribution in [0, 0.1) is 0 Å². The molecule has 1 amide bonds. The topological polar surface area (TPSA) is 62.6 Å². The average Bonchev–Trinajstić information content (AvgIpc) is 3.46. The number of carbonyl (C=O) groups is 1. The first-order valence-electron chi connectivity index (χ1n) is 14.1. The second kappa shape index (κ2) is 11.1. The molecule has 1 N–H and O–H groups in total. The summed E-state index contributed by atoms with van der Waals surface area (Å²) in [7, 11) is 0. The highest BCUT2D eigenvalue weighted by Crippen LogP contribution is 2.34. The molecule has 1 aromatic rings. The maximum atomic E-state index is 13.4. The van der Waals surface area contributed by atoms with Crippen LogP contribution in [0.5, 0.6) is 0 Å². The summed E-state index contributed by atoms with van der Waals surface area (Å²) >= 11 is 0. The Kier molecular flexibility index (Phi) is 7.91. The number of nitrogens with one attached hydrogen (secondary N) is 1. The van der Waals surface area contributed by atoms with Crippen molar-refractivity contribution < 1.29 is 9.53 Å². The summed E-state index contributed by atoms with van der Waals surface area (Å²) in [6.07, 6.45) is 14.4. The van der Waals surface area contributed by atoms with Gasteiger partial charge in [-0.1, -0.05) is 32.6 Å². The monoisotopic (exact) mass is 471 g/mol. The van der Waals surface area contributed by atoms with Crippen molar-refractivity contribution in [2.75, 3.05) is 45.9 Å². The molecule has 0 aromatic carbocycles. The first-order valence-corrected chi connectivity index (χ1v) is 14.1. The van der Waals surface area contributed by atoms with Gasteiger partial charge < -0.3 is 15.0 Å². The lowest BCUT2D eigenvalue weighted by atomic mass is 9.85. The van der Waals surface area contributed by atoms with E-state index in [4.69, 9.17) is 9.84 Å². The highest BCUT2D eigenvalue weighted by atomic mass is 16.5. The van der Waals surface area contributed by atoms with Crippen molar-refractivity contribution in [3.63, 3.8) is 0 Å². The van der Waals surface area contributed by atoms with Gasteiger partial charge in [-0.25, -0.2) is 0 Å². The Morgan fingerprint density at radius 1 is 1.06 bits per heavy atom. The van der Waals surface area contributed by atoms with E-state index in [1.165, 1.54) is 49.8 Å². The average molecular weight is 472 g/mol. The molecule has 1 atom stereocenters. The molecule has 1 saturated carbocycles. The second-order valence-corrected chi connectivity index (χ2v) is 11.1. The molecule has 2 saturated heterocycles. The number of amides is 1. The Labute approximate surface area is 205 Å². The van der Waals surface area contributed by atoms with Gasteiger partial charge in [-0.15, -0.1) is 0 Å². The zero-order chi connectivity index (χ0) is 23.4. The van der Waals surface area contributed by atoms with Crippen molar-refractivity contribution >= 4 is 5.91 Å². The Hall–Kier alpha value is -1.44. The smallest absolute Gasteiger partial charge is 0.274 e. The molecule has 2 aliphatic heterocycles. The van der Waals surface area contributed by atoms with Crippen LogP contribution >= 0.6 is 0 Å². The van der Waals surface area contributed by atoms with Crippen LogP contribution in [0.1, 0.15) is 92.9 Å². The van der Waals surface area contributed by atoms with Crippen LogP contribution in [-0.4, -0.2) is 83.0 Å². The third kappa shape index (κ3) is 5.07. The number of aryl methyl sites for hydroxylation is 1. The highest BCUT2D eigenvalue weighted by Gasteiger charge is 2.39. The summed E-state index contributed by atoms with van der Waals surface area (Å²) in [5.74, 6) is 0.165. The van der Waals surface area contributed by atoms with E-state index >= 15 is 0 Å². The fraction of sp³-hybridized carbons (Fsp3) is 0.852. The van der Waals surface area contributed by atoms with Gasteiger partial charge in [-0.3, -0.25) is 14.4 Å². The number of rotatable bonds is 7. The van der Waals surface area contributed by atoms with Crippen LogP contribution in [0.4, 0.5) is 0 Å². The van der Waals surface area contributed by atoms with E-state index < -0.39 is 0 Å². The van der Waals surface area contributed by atoms with E-state index in [0.717, 1.165) is 96.7 Å². The van der Waals surface area contributed by atoms with Gasteiger partial charge in [0.2, 0.25) is 0 Å². The molecule has 0 radical (unpaired) electrons. The number of morpholine rings is 1. The molecule has 0 bridgehead atoms. The molecular formula is C27H45N5O2. The number of likely N-dealkylation sites (tertiary alicyclic amines) is 1. The van der Waals surface area contributed by atoms with E-state index in [9.17, 15) is 4.79 Å². The largest absolute Gasteiger partial charge is 0.379 e. The zero-order valence-corrected chi connectivity index (χ0v) is 21.3. The van der Waals surface area contributed by atoms with E-state index in [1.54, 1.807) is 0 Å². The van der Waals surface area contributed by atoms with Crippen molar-refractivity contribution in [2.45, 2.75) is 102 Å². The Bertz CT molecular complexity index is 817. The molecule has 7 nitrogen and oxygen atoms in total. The van der Waals surface area contributed by atoms with Crippen LogP contribution in [-0.2, 0) is 24.1 Å². The quantitative estimate of drug-likeness (QED) is 0.618. The SMILES string of the molecule is CCCn1nc(C(=O)N2CCCC2)c2c1CC[C@H](NCC1(N3CCOCC3)CCCCCC1)C2. The minimum absolute atomic E-state index is 0.165. The third-order valence-corrected chi connectivity index (χ3v) is 8.81. The summed E-state index contributed by atoms with van der Waals surface area (Å²) < 4.78 is 7.84. The lowest BCUT2D eigenvalue weighted by molar-refractivity contribution is -0.0297. The summed E-state index contributed by atoms with van der Waals surface area (Å²) in [6, 6.07) is 0.429. The normalized spacial score (nSPS) is 25.8. The minimum atomic E-state index is 0.165. The summed E-state index contributed by atoms with van der Waals surface area (Å²) in [6.45, 7) is 9.81. The molecule has 1 aromatic heterocycles. The van der Waals surface area contributed by atoms with Crippen molar-refractivity contribution in [3.05, 3.63) is 17.0 Å². The van der Waals surface area contributed by atoms with Gasteiger partial charge in [0.25, 0.3) is 5.91 Å². The molecule has 0 unspecified atom stereocenters. The fourth-order valence-corrected chi connectivity index (χ4v) is 6.86. The van der Waals surface area contributed by atoms with Crippen LogP contribution in [0.15, 0.2) is 0 Å². The van der Waals surface area contributed by atoms with Gasteiger partial charge in [0, 0.05) is 62.1 Å². The van der Waals surface area contributed by atoms with Gasteiger partial charge in [0.05, 0.1) is 13.2 Å².